The van der Waals surface area contributed by atoms with Crippen LogP contribution in [0.5, 0.6) is 0 Å². The topological polar surface area (TPSA) is 88.6 Å². The van der Waals surface area contributed by atoms with Crippen molar-refractivity contribution in [3.8, 4) is 0 Å². The summed E-state index contributed by atoms with van der Waals surface area (Å²) in [5.74, 6) is -1.72. The number of fused-ring (bicyclic) bond motifs is 2. The first-order valence-electron chi connectivity index (χ1n) is 7.32. The highest BCUT2D eigenvalue weighted by atomic mass is 32.2. The fourth-order valence-corrected chi connectivity index (χ4v) is 5.16. The number of epoxide rings is 1. The Morgan fingerprint density at radius 3 is 2.91 bits per heavy atom. The maximum atomic E-state index is 12.4. The van der Waals surface area contributed by atoms with Crippen molar-refractivity contribution in [3.05, 3.63) is 29.3 Å². The fourth-order valence-electron chi connectivity index (χ4n) is 3.54. The molecular formula is C15H16N2O5S. The fraction of sp³-hybridized carbons (Fsp3) is 0.467. The molecule has 8 heteroatoms. The van der Waals surface area contributed by atoms with E-state index in [0.717, 1.165) is 0 Å². The van der Waals surface area contributed by atoms with E-state index in [0.29, 0.717) is 28.9 Å². The second-order valence-corrected chi connectivity index (χ2v) is 8.01. The van der Waals surface area contributed by atoms with Crippen LogP contribution in [0.1, 0.15) is 17.5 Å². The molecule has 0 aliphatic carbocycles. The van der Waals surface area contributed by atoms with Crippen LogP contribution in [0.4, 0.5) is 0 Å². The van der Waals surface area contributed by atoms with Crippen LogP contribution < -0.4 is 0 Å². The SMILES string of the molecule is COC12OC1(c1cccc3c1CCCS3(=O)=O)C=NN(C)C2=O. The molecule has 0 radical (unpaired) electrons. The van der Waals surface area contributed by atoms with Crippen LogP contribution >= 0.6 is 0 Å². The van der Waals surface area contributed by atoms with Crippen molar-refractivity contribution in [2.45, 2.75) is 29.1 Å². The Morgan fingerprint density at radius 2 is 2.17 bits per heavy atom. The zero-order chi connectivity index (χ0) is 16.5. The lowest BCUT2D eigenvalue weighted by atomic mass is 9.87. The van der Waals surface area contributed by atoms with E-state index >= 15 is 0 Å². The molecule has 1 aromatic carbocycles. The van der Waals surface area contributed by atoms with E-state index in [1.807, 2.05) is 0 Å². The van der Waals surface area contributed by atoms with Crippen LogP contribution in [0.15, 0.2) is 28.2 Å². The molecule has 3 aliphatic heterocycles. The monoisotopic (exact) mass is 336 g/mol. The summed E-state index contributed by atoms with van der Waals surface area (Å²) in [6.45, 7) is 0. The molecule has 0 spiro atoms. The maximum Gasteiger partial charge on any atom is 0.306 e. The van der Waals surface area contributed by atoms with Gasteiger partial charge in [-0.2, -0.15) is 5.10 Å². The molecule has 1 aromatic rings. The average molecular weight is 336 g/mol. The van der Waals surface area contributed by atoms with Crippen LogP contribution in [0.3, 0.4) is 0 Å². The summed E-state index contributed by atoms with van der Waals surface area (Å²) in [6, 6.07) is 5.06. The minimum atomic E-state index is -3.30. The minimum absolute atomic E-state index is 0.141. The minimum Gasteiger partial charge on any atom is -0.343 e. The first-order valence-corrected chi connectivity index (χ1v) is 8.97. The molecule has 4 rings (SSSR count). The first-order chi connectivity index (χ1) is 10.9. The number of hydrogen-bond acceptors (Lipinski definition) is 6. The summed E-state index contributed by atoms with van der Waals surface area (Å²) >= 11 is 0. The van der Waals surface area contributed by atoms with Crippen LogP contribution in [0, 0.1) is 0 Å². The highest BCUT2D eigenvalue weighted by Gasteiger charge is 2.79. The predicted molar refractivity (Wildman–Crippen MR) is 80.6 cm³/mol. The van der Waals surface area contributed by atoms with Gasteiger partial charge in [0.05, 0.1) is 16.9 Å². The van der Waals surface area contributed by atoms with Crippen LogP contribution in [-0.4, -0.2) is 51.2 Å². The van der Waals surface area contributed by atoms with Crippen molar-refractivity contribution in [1.29, 1.82) is 0 Å². The summed E-state index contributed by atoms with van der Waals surface area (Å²) in [6.07, 6.45) is 2.69. The second kappa shape index (κ2) is 4.40. The summed E-state index contributed by atoms with van der Waals surface area (Å²) in [5, 5.41) is 5.23. The number of carbonyl (C=O) groups is 1. The quantitative estimate of drug-likeness (QED) is 0.731. The van der Waals surface area contributed by atoms with Gasteiger partial charge in [0.1, 0.15) is 0 Å². The largest absolute Gasteiger partial charge is 0.343 e. The van der Waals surface area contributed by atoms with Gasteiger partial charge < -0.3 is 9.47 Å². The number of nitrogens with zero attached hydrogens (tertiary/aromatic N) is 2. The molecular weight excluding hydrogens is 320 g/mol. The number of hydrazone groups is 1. The summed E-state index contributed by atoms with van der Waals surface area (Å²) in [7, 11) is -0.373. The lowest BCUT2D eigenvalue weighted by molar-refractivity contribution is -0.153. The number of amides is 1. The Kier molecular flexibility index (Phi) is 2.83. The number of likely N-dealkylation sites (N-methyl/N-ethyl adjacent to an activating group) is 1. The maximum absolute atomic E-state index is 12.4. The van der Waals surface area contributed by atoms with Gasteiger partial charge in [-0.1, -0.05) is 12.1 Å². The van der Waals surface area contributed by atoms with Gasteiger partial charge in [-0.3, -0.25) is 4.79 Å². The van der Waals surface area contributed by atoms with E-state index in [2.05, 4.69) is 5.10 Å². The van der Waals surface area contributed by atoms with Gasteiger partial charge in [-0.15, -0.1) is 0 Å². The predicted octanol–water partition coefficient (Wildman–Crippen LogP) is 0.433. The highest BCUT2D eigenvalue weighted by Crippen LogP contribution is 2.59. The van der Waals surface area contributed by atoms with Crippen molar-refractivity contribution < 1.29 is 22.7 Å². The number of sulfone groups is 1. The lowest BCUT2D eigenvalue weighted by Crippen LogP contribution is -2.46. The van der Waals surface area contributed by atoms with Crippen LogP contribution in [0.2, 0.25) is 0 Å². The molecule has 1 amide bonds. The number of carbonyl (C=O) groups excluding carboxylic acids is 1. The molecule has 122 valence electrons. The number of rotatable bonds is 2. The Balaban J connectivity index is 1.94. The molecule has 2 atom stereocenters. The van der Waals surface area contributed by atoms with Gasteiger partial charge in [0.15, 0.2) is 15.4 Å². The summed E-state index contributed by atoms with van der Waals surface area (Å²) in [5.41, 5.74) is 0.190. The van der Waals surface area contributed by atoms with E-state index in [-0.39, 0.29) is 5.75 Å². The Morgan fingerprint density at radius 1 is 1.39 bits per heavy atom. The third-order valence-electron chi connectivity index (χ3n) is 4.74. The molecule has 2 unspecified atom stereocenters. The summed E-state index contributed by atoms with van der Waals surface area (Å²) in [4.78, 5) is 12.8. The Hall–Kier alpha value is -1.77. The molecule has 0 aromatic heterocycles. The summed E-state index contributed by atoms with van der Waals surface area (Å²) < 4.78 is 35.8. The zero-order valence-corrected chi connectivity index (χ0v) is 13.6. The number of methoxy groups -OCH3 is 1. The molecule has 0 saturated carbocycles. The Labute approximate surface area is 133 Å². The van der Waals surface area contributed by atoms with Gasteiger partial charge in [0.25, 0.3) is 5.79 Å². The van der Waals surface area contributed by atoms with E-state index in [9.17, 15) is 13.2 Å². The van der Waals surface area contributed by atoms with Gasteiger partial charge >= 0.3 is 5.91 Å². The van der Waals surface area contributed by atoms with Gasteiger partial charge in [-0.05, 0) is 24.5 Å². The molecule has 1 saturated heterocycles. The molecule has 0 N–H and O–H groups in total. The smallest absolute Gasteiger partial charge is 0.306 e. The van der Waals surface area contributed by atoms with Crippen molar-refractivity contribution in [3.63, 3.8) is 0 Å². The molecule has 3 heterocycles. The van der Waals surface area contributed by atoms with Crippen molar-refractivity contribution in [1.82, 2.24) is 5.01 Å². The molecule has 1 fully saturated rings. The van der Waals surface area contributed by atoms with Crippen molar-refractivity contribution in [2.75, 3.05) is 19.9 Å². The lowest BCUT2D eigenvalue weighted by Gasteiger charge is -2.26. The molecule has 3 aliphatic rings. The third-order valence-corrected chi connectivity index (χ3v) is 6.61. The Bertz CT molecular complexity index is 849. The van der Waals surface area contributed by atoms with Gasteiger partial charge in [0, 0.05) is 19.7 Å². The number of ether oxygens (including phenoxy) is 2. The average Bonchev–Trinajstić information content (AvgIpc) is 3.22. The van der Waals surface area contributed by atoms with Crippen LogP contribution in [-0.2, 0) is 36.1 Å². The zero-order valence-electron chi connectivity index (χ0n) is 12.8. The molecule has 0 bridgehead atoms. The number of hydrogen-bond donors (Lipinski definition) is 0. The van der Waals surface area contributed by atoms with Gasteiger partial charge in [-0.25, -0.2) is 13.4 Å². The van der Waals surface area contributed by atoms with E-state index in [1.165, 1.54) is 25.4 Å². The van der Waals surface area contributed by atoms with Crippen molar-refractivity contribution >= 4 is 22.0 Å². The first kappa shape index (κ1) is 14.8. The van der Waals surface area contributed by atoms with E-state index < -0.39 is 27.1 Å². The number of benzene rings is 1. The molecule has 7 nitrogen and oxygen atoms in total. The van der Waals surface area contributed by atoms with Crippen LogP contribution in [0.25, 0.3) is 0 Å². The normalized spacial score (nSPS) is 34.0. The third kappa shape index (κ3) is 1.68. The molecule has 23 heavy (non-hydrogen) atoms. The standard InChI is InChI=1S/C15H16N2O5S/c1-17-13(18)15(21-2)14(22-15,9-16-17)11-6-3-7-12-10(11)5-4-8-23(12,19)20/h3,6-7,9H,4-5,8H2,1-2H3. The highest BCUT2D eigenvalue weighted by molar-refractivity contribution is 7.91. The van der Waals surface area contributed by atoms with E-state index in [4.69, 9.17) is 9.47 Å². The second-order valence-electron chi connectivity index (χ2n) is 5.94. The van der Waals surface area contributed by atoms with E-state index in [1.54, 1.807) is 18.2 Å². The van der Waals surface area contributed by atoms with Crippen molar-refractivity contribution in [2.24, 2.45) is 5.10 Å². The van der Waals surface area contributed by atoms with Gasteiger partial charge in [0.2, 0.25) is 0 Å².